The Balaban J connectivity index is 2.93. The molecule has 0 fully saturated rings. The van der Waals surface area contributed by atoms with E-state index in [9.17, 15) is 13.2 Å². The molecule has 0 unspecified atom stereocenters. The predicted molar refractivity (Wildman–Crippen MR) is 49.4 cm³/mol. The number of hydrogen-bond donors (Lipinski definition) is 1. The Bertz CT molecular complexity index is 324. The zero-order valence-corrected chi connectivity index (χ0v) is 7.43. The van der Waals surface area contributed by atoms with Crippen molar-refractivity contribution in [3.63, 3.8) is 0 Å². The smallest absolute Gasteiger partial charge is 0.326 e. The number of hydrogen-bond acceptors (Lipinski definition) is 1. The Morgan fingerprint density at radius 3 is 2.07 bits per heavy atom. The van der Waals surface area contributed by atoms with Gasteiger partial charge in [0.25, 0.3) is 0 Å². The summed E-state index contributed by atoms with van der Waals surface area (Å²) in [7, 11) is 0. The van der Waals surface area contributed by atoms with Crippen molar-refractivity contribution in [2.75, 3.05) is 0 Å². The molecule has 0 aliphatic heterocycles. The van der Waals surface area contributed by atoms with E-state index >= 15 is 0 Å². The van der Waals surface area contributed by atoms with Crippen LogP contribution in [0.15, 0.2) is 30.8 Å². The van der Waals surface area contributed by atoms with Gasteiger partial charge in [0, 0.05) is 6.54 Å². The van der Waals surface area contributed by atoms with Crippen LogP contribution >= 0.6 is 0 Å². The maximum atomic E-state index is 12.2. The van der Waals surface area contributed by atoms with Crippen molar-refractivity contribution >= 4 is 5.57 Å². The molecule has 0 amide bonds. The van der Waals surface area contributed by atoms with Gasteiger partial charge in [0.05, 0.1) is 5.57 Å². The van der Waals surface area contributed by atoms with Crippen molar-refractivity contribution in [2.45, 2.75) is 12.7 Å². The summed E-state index contributed by atoms with van der Waals surface area (Å²) in [6, 6.07) is 5.87. The van der Waals surface area contributed by atoms with Gasteiger partial charge < -0.3 is 5.73 Å². The molecule has 0 aliphatic carbocycles. The molecule has 1 nitrogen and oxygen atoms in total. The molecule has 1 aromatic rings. The molecule has 76 valence electrons. The number of benzene rings is 1. The molecule has 0 saturated carbocycles. The standard InChI is InChI=1S/C10H10F3N/c1-7(10(11,12)13)9-4-2-8(6-14)3-5-9/h2-5H,1,6,14H2. The lowest BCUT2D eigenvalue weighted by atomic mass is 10.1. The van der Waals surface area contributed by atoms with Crippen molar-refractivity contribution in [3.05, 3.63) is 42.0 Å². The van der Waals surface area contributed by atoms with E-state index in [0.717, 1.165) is 5.56 Å². The molecular weight excluding hydrogens is 191 g/mol. The predicted octanol–water partition coefficient (Wildman–Crippen LogP) is 2.72. The van der Waals surface area contributed by atoms with Gasteiger partial charge in [-0.15, -0.1) is 0 Å². The van der Waals surface area contributed by atoms with Crippen molar-refractivity contribution in [1.29, 1.82) is 0 Å². The van der Waals surface area contributed by atoms with Crippen LogP contribution in [-0.2, 0) is 6.54 Å². The summed E-state index contributed by atoms with van der Waals surface area (Å²) in [5, 5.41) is 0. The van der Waals surface area contributed by atoms with Crippen LogP contribution in [0, 0.1) is 0 Å². The monoisotopic (exact) mass is 201 g/mol. The first-order valence-corrected chi connectivity index (χ1v) is 4.00. The highest BCUT2D eigenvalue weighted by molar-refractivity contribution is 5.67. The van der Waals surface area contributed by atoms with Gasteiger partial charge >= 0.3 is 6.18 Å². The quantitative estimate of drug-likeness (QED) is 0.782. The summed E-state index contributed by atoms with van der Waals surface area (Å²) >= 11 is 0. The molecule has 4 heteroatoms. The third-order valence-corrected chi connectivity index (χ3v) is 1.88. The highest BCUT2D eigenvalue weighted by Gasteiger charge is 2.32. The molecular formula is C10H10F3N. The summed E-state index contributed by atoms with van der Waals surface area (Å²) in [5.74, 6) is 0. The van der Waals surface area contributed by atoms with Crippen molar-refractivity contribution in [3.8, 4) is 0 Å². The van der Waals surface area contributed by atoms with Gasteiger partial charge in [-0.3, -0.25) is 0 Å². The van der Waals surface area contributed by atoms with Gasteiger partial charge in [0.1, 0.15) is 0 Å². The summed E-state index contributed by atoms with van der Waals surface area (Å²) in [6.07, 6.45) is -4.37. The topological polar surface area (TPSA) is 26.0 Å². The van der Waals surface area contributed by atoms with Crippen LogP contribution in [0.2, 0.25) is 0 Å². The highest BCUT2D eigenvalue weighted by atomic mass is 19.4. The maximum absolute atomic E-state index is 12.2. The molecule has 0 saturated heterocycles. The molecule has 1 rings (SSSR count). The summed E-state index contributed by atoms with van der Waals surface area (Å²) < 4.78 is 36.6. The summed E-state index contributed by atoms with van der Waals surface area (Å²) in [6.45, 7) is 3.31. The number of alkyl halides is 3. The second-order valence-electron chi connectivity index (χ2n) is 2.88. The fraction of sp³-hybridized carbons (Fsp3) is 0.200. The first-order chi connectivity index (χ1) is 6.45. The molecule has 14 heavy (non-hydrogen) atoms. The van der Waals surface area contributed by atoms with Crippen LogP contribution < -0.4 is 5.73 Å². The van der Waals surface area contributed by atoms with E-state index in [4.69, 9.17) is 5.73 Å². The Kier molecular flexibility index (Phi) is 2.96. The molecule has 0 heterocycles. The second kappa shape index (κ2) is 3.84. The van der Waals surface area contributed by atoms with Crippen molar-refractivity contribution in [2.24, 2.45) is 5.73 Å². The van der Waals surface area contributed by atoms with E-state index in [1.807, 2.05) is 0 Å². The minimum absolute atomic E-state index is 0.0784. The molecule has 0 radical (unpaired) electrons. The van der Waals surface area contributed by atoms with Gasteiger partial charge in [-0.2, -0.15) is 13.2 Å². The van der Waals surface area contributed by atoms with E-state index in [0.29, 0.717) is 6.54 Å². The highest BCUT2D eigenvalue weighted by Crippen LogP contribution is 2.31. The minimum Gasteiger partial charge on any atom is -0.326 e. The van der Waals surface area contributed by atoms with Crippen LogP contribution in [0.4, 0.5) is 13.2 Å². The summed E-state index contributed by atoms with van der Waals surface area (Å²) in [5.41, 5.74) is 5.36. The molecule has 1 aromatic carbocycles. The number of halogens is 3. The first kappa shape index (κ1) is 10.8. The van der Waals surface area contributed by atoms with E-state index in [1.54, 1.807) is 12.1 Å². The zero-order chi connectivity index (χ0) is 10.8. The van der Waals surface area contributed by atoms with E-state index in [1.165, 1.54) is 12.1 Å². The molecule has 2 N–H and O–H groups in total. The van der Waals surface area contributed by atoms with Crippen LogP contribution in [0.1, 0.15) is 11.1 Å². The van der Waals surface area contributed by atoms with Gasteiger partial charge in [0.2, 0.25) is 0 Å². The van der Waals surface area contributed by atoms with Crippen LogP contribution in [0.3, 0.4) is 0 Å². The lowest BCUT2D eigenvalue weighted by molar-refractivity contribution is -0.0686. The maximum Gasteiger partial charge on any atom is 0.416 e. The van der Waals surface area contributed by atoms with Gasteiger partial charge in [-0.05, 0) is 11.1 Å². The number of nitrogens with two attached hydrogens (primary N) is 1. The van der Waals surface area contributed by atoms with Crippen LogP contribution in [-0.4, -0.2) is 6.18 Å². The van der Waals surface area contributed by atoms with E-state index < -0.39 is 11.7 Å². The zero-order valence-electron chi connectivity index (χ0n) is 7.43. The van der Waals surface area contributed by atoms with Crippen molar-refractivity contribution in [1.82, 2.24) is 0 Å². The SMILES string of the molecule is C=C(c1ccc(CN)cc1)C(F)(F)F. The fourth-order valence-electron chi connectivity index (χ4n) is 1.01. The first-order valence-electron chi connectivity index (χ1n) is 4.00. The Morgan fingerprint density at radius 1 is 1.21 bits per heavy atom. The molecule has 0 spiro atoms. The van der Waals surface area contributed by atoms with E-state index in [-0.39, 0.29) is 5.56 Å². The molecule has 0 aliphatic rings. The molecule has 0 aromatic heterocycles. The van der Waals surface area contributed by atoms with Crippen LogP contribution in [0.25, 0.3) is 5.57 Å². The number of allylic oxidation sites excluding steroid dienone is 1. The van der Waals surface area contributed by atoms with Gasteiger partial charge in [0.15, 0.2) is 0 Å². The fourth-order valence-corrected chi connectivity index (χ4v) is 1.01. The normalized spacial score (nSPS) is 11.4. The third-order valence-electron chi connectivity index (χ3n) is 1.88. The van der Waals surface area contributed by atoms with E-state index in [2.05, 4.69) is 6.58 Å². The average Bonchev–Trinajstić information content (AvgIpc) is 2.15. The Hall–Kier alpha value is -1.29. The summed E-state index contributed by atoms with van der Waals surface area (Å²) in [4.78, 5) is 0. The average molecular weight is 201 g/mol. The lowest BCUT2D eigenvalue weighted by Gasteiger charge is -2.10. The van der Waals surface area contributed by atoms with Gasteiger partial charge in [-0.25, -0.2) is 0 Å². The number of rotatable bonds is 2. The Morgan fingerprint density at radius 2 is 1.71 bits per heavy atom. The van der Waals surface area contributed by atoms with Crippen LogP contribution in [0.5, 0.6) is 0 Å². The minimum atomic E-state index is -4.37. The largest absolute Gasteiger partial charge is 0.416 e. The molecule has 0 atom stereocenters. The second-order valence-corrected chi connectivity index (χ2v) is 2.88. The molecule has 0 bridgehead atoms. The van der Waals surface area contributed by atoms with Gasteiger partial charge in [-0.1, -0.05) is 30.8 Å². The lowest BCUT2D eigenvalue weighted by Crippen LogP contribution is -2.09. The van der Waals surface area contributed by atoms with Crippen molar-refractivity contribution < 1.29 is 13.2 Å². The Labute approximate surface area is 80.0 Å². The third kappa shape index (κ3) is 2.35.